The van der Waals surface area contributed by atoms with Crippen LogP contribution in [0, 0.1) is 0 Å². The predicted octanol–water partition coefficient (Wildman–Crippen LogP) is 4.52. The standard InChI is InChI=1S/C14H13ClN4S/c1-2-16-14-17-8-11(15)13(19-14)18-10-3-4-12-9(7-10)5-6-20-12/h3-8H,2H2,1H3,(H2,16,17,18,19). The van der Waals surface area contributed by atoms with Gasteiger partial charge in [-0.2, -0.15) is 4.98 Å². The van der Waals surface area contributed by atoms with Crippen LogP contribution in [0.1, 0.15) is 6.92 Å². The first-order chi connectivity index (χ1) is 9.76. The number of aromatic nitrogens is 2. The second kappa shape index (κ2) is 5.64. The number of hydrogen-bond donors (Lipinski definition) is 2. The van der Waals surface area contributed by atoms with Gasteiger partial charge in [0.15, 0.2) is 5.82 Å². The fraction of sp³-hybridized carbons (Fsp3) is 0.143. The Morgan fingerprint density at radius 1 is 1.30 bits per heavy atom. The summed E-state index contributed by atoms with van der Waals surface area (Å²) in [6.07, 6.45) is 1.60. The normalized spacial score (nSPS) is 10.7. The molecule has 2 heterocycles. The number of hydrogen-bond acceptors (Lipinski definition) is 5. The first kappa shape index (κ1) is 13.1. The van der Waals surface area contributed by atoms with E-state index in [2.05, 4.69) is 44.2 Å². The molecule has 0 aliphatic rings. The zero-order valence-corrected chi connectivity index (χ0v) is 12.4. The molecule has 2 N–H and O–H groups in total. The molecule has 0 radical (unpaired) electrons. The van der Waals surface area contributed by atoms with Crippen LogP contribution in [0.15, 0.2) is 35.8 Å². The first-order valence-electron chi connectivity index (χ1n) is 6.27. The molecular formula is C14H13ClN4S. The van der Waals surface area contributed by atoms with Gasteiger partial charge in [0, 0.05) is 16.9 Å². The van der Waals surface area contributed by atoms with Gasteiger partial charge in [0.1, 0.15) is 5.02 Å². The molecule has 20 heavy (non-hydrogen) atoms. The Hall–Kier alpha value is -1.85. The molecule has 3 rings (SSSR count). The average molecular weight is 305 g/mol. The van der Waals surface area contributed by atoms with Crippen LogP contribution in [0.4, 0.5) is 17.5 Å². The van der Waals surface area contributed by atoms with E-state index in [0.29, 0.717) is 16.8 Å². The Bertz CT molecular complexity index is 741. The summed E-state index contributed by atoms with van der Waals surface area (Å²) < 4.78 is 1.26. The summed E-state index contributed by atoms with van der Waals surface area (Å²) in [5.74, 6) is 1.17. The molecule has 0 aliphatic heterocycles. The van der Waals surface area contributed by atoms with E-state index in [4.69, 9.17) is 11.6 Å². The summed E-state index contributed by atoms with van der Waals surface area (Å²) >= 11 is 7.86. The van der Waals surface area contributed by atoms with Crippen molar-refractivity contribution in [2.75, 3.05) is 17.2 Å². The lowest BCUT2D eigenvalue weighted by molar-refractivity contribution is 1.09. The molecule has 0 saturated heterocycles. The molecule has 0 amide bonds. The van der Waals surface area contributed by atoms with Crippen molar-refractivity contribution in [3.63, 3.8) is 0 Å². The van der Waals surface area contributed by atoms with E-state index < -0.39 is 0 Å². The van der Waals surface area contributed by atoms with Gasteiger partial charge < -0.3 is 10.6 Å². The number of fused-ring (bicyclic) bond motifs is 1. The van der Waals surface area contributed by atoms with Gasteiger partial charge in [-0.15, -0.1) is 11.3 Å². The van der Waals surface area contributed by atoms with E-state index in [-0.39, 0.29) is 0 Å². The Balaban J connectivity index is 1.91. The quantitative estimate of drug-likeness (QED) is 0.744. The number of rotatable bonds is 4. The molecule has 102 valence electrons. The molecule has 0 spiro atoms. The van der Waals surface area contributed by atoms with Crippen molar-refractivity contribution in [1.82, 2.24) is 9.97 Å². The third-order valence-corrected chi connectivity index (χ3v) is 3.97. The molecule has 0 bridgehead atoms. The van der Waals surface area contributed by atoms with Gasteiger partial charge in [-0.25, -0.2) is 4.98 Å². The number of nitrogens with zero attached hydrogens (tertiary/aromatic N) is 2. The SMILES string of the molecule is CCNc1ncc(Cl)c(Nc2ccc3sccc3c2)n1. The molecule has 0 aliphatic carbocycles. The van der Waals surface area contributed by atoms with Crippen LogP contribution in [-0.2, 0) is 0 Å². The van der Waals surface area contributed by atoms with Gasteiger partial charge in [0.25, 0.3) is 0 Å². The van der Waals surface area contributed by atoms with Gasteiger partial charge in [-0.1, -0.05) is 11.6 Å². The number of benzene rings is 1. The predicted molar refractivity (Wildman–Crippen MR) is 86.3 cm³/mol. The highest BCUT2D eigenvalue weighted by molar-refractivity contribution is 7.17. The monoisotopic (exact) mass is 304 g/mol. The molecule has 0 atom stereocenters. The zero-order valence-electron chi connectivity index (χ0n) is 10.9. The minimum absolute atomic E-state index is 0.497. The smallest absolute Gasteiger partial charge is 0.224 e. The largest absolute Gasteiger partial charge is 0.354 e. The molecule has 2 aromatic heterocycles. The van der Waals surface area contributed by atoms with E-state index in [1.807, 2.05) is 13.0 Å². The van der Waals surface area contributed by atoms with Crippen molar-refractivity contribution in [3.05, 3.63) is 40.9 Å². The highest BCUT2D eigenvalue weighted by atomic mass is 35.5. The van der Waals surface area contributed by atoms with Crippen molar-refractivity contribution in [2.45, 2.75) is 6.92 Å². The Morgan fingerprint density at radius 3 is 3.05 bits per heavy atom. The van der Waals surface area contributed by atoms with E-state index in [1.54, 1.807) is 17.5 Å². The van der Waals surface area contributed by atoms with Gasteiger partial charge in [0.05, 0.1) is 6.20 Å². The second-order valence-corrected chi connectivity index (χ2v) is 5.57. The van der Waals surface area contributed by atoms with Crippen molar-refractivity contribution < 1.29 is 0 Å². The zero-order chi connectivity index (χ0) is 13.9. The molecule has 6 heteroatoms. The minimum Gasteiger partial charge on any atom is -0.354 e. The number of thiophene rings is 1. The minimum atomic E-state index is 0.497. The van der Waals surface area contributed by atoms with Gasteiger partial charge in [0.2, 0.25) is 5.95 Å². The summed E-state index contributed by atoms with van der Waals surface area (Å²) in [6.45, 7) is 2.76. The van der Waals surface area contributed by atoms with Crippen LogP contribution in [0.25, 0.3) is 10.1 Å². The van der Waals surface area contributed by atoms with E-state index in [1.165, 1.54) is 10.1 Å². The van der Waals surface area contributed by atoms with Gasteiger partial charge in [-0.05, 0) is 42.0 Å². The second-order valence-electron chi connectivity index (χ2n) is 4.22. The van der Waals surface area contributed by atoms with E-state index >= 15 is 0 Å². The van der Waals surface area contributed by atoms with Crippen LogP contribution in [-0.4, -0.2) is 16.5 Å². The highest BCUT2D eigenvalue weighted by Gasteiger charge is 2.06. The van der Waals surface area contributed by atoms with Crippen LogP contribution < -0.4 is 10.6 Å². The van der Waals surface area contributed by atoms with Gasteiger partial charge >= 0.3 is 0 Å². The van der Waals surface area contributed by atoms with Crippen molar-refractivity contribution in [1.29, 1.82) is 0 Å². The fourth-order valence-corrected chi connectivity index (χ4v) is 2.79. The lowest BCUT2D eigenvalue weighted by Crippen LogP contribution is -2.04. The molecule has 3 aromatic rings. The topological polar surface area (TPSA) is 49.8 Å². The number of halogens is 1. The molecule has 1 aromatic carbocycles. The Labute approximate surface area is 125 Å². The summed E-state index contributed by atoms with van der Waals surface area (Å²) in [6, 6.07) is 8.28. The molecule has 0 saturated carbocycles. The fourth-order valence-electron chi connectivity index (χ4n) is 1.88. The first-order valence-corrected chi connectivity index (χ1v) is 7.52. The maximum Gasteiger partial charge on any atom is 0.224 e. The lowest BCUT2D eigenvalue weighted by atomic mass is 10.2. The third kappa shape index (κ3) is 2.69. The molecule has 0 fully saturated rings. The maximum atomic E-state index is 6.13. The highest BCUT2D eigenvalue weighted by Crippen LogP contribution is 2.28. The Kier molecular flexibility index (Phi) is 3.71. The number of nitrogens with one attached hydrogen (secondary N) is 2. The van der Waals surface area contributed by atoms with E-state index in [0.717, 1.165) is 12.2 Å². The van der Waals surface area contributed by atoms with Crippen molar-refractivity contribution in [2.24, 2.45) is 0 Å². The van der Waals surface area contributed by atoms with Crippen LogP contribution >= 0.6 is 22.9 Å². The summed E-state index contributed by atoms with van der Waals surface area (Å²) in [5.41, 5.74) is 0.957. The summed E-state index contributed by atoms with van der Waals surface area (Å²) in [5, 5.41) is 10.1. The summed E-state index contributed by atoms with van der Waals surface area (Å²) in [7, 11) is 0. The van der Waals surface area contributed by atoms with Gasteiger partial charge in [-0.3, -0.25) is 0 Å². The van der Waals surface area contributed by atoms with Crippen molar-refractivity contribution in [3.8, 4) is 0 Å². The average Bonchev–Trinajstić information content (AvgIpc) is 2.90. The molecule has 0 unspecified atom stereocenters. The molecule has 4 nitrogen and oxygen atoms in total. The molecular weight excluding hydrogens is 292 g/mol. The van der Waals surface area contributed by atoms with Crippen LogP contribution in [0.5, 0.6) is 0 Å². The Morgan fingerprint density at radius 2 is 2.20 bits per heavy atom. The van der Waals surface area contributed by atoms with Crippen LogP contribution in [0.3, 0.4) is 0 Å². The third-order valence-electron chi connectivity index (χ3n) is 2.79. The van der Waals surface area contributed by atoms with E-state index in [9.17, 15) is 0 Å². The maximum absolute atomic E-state index is 6.13. The summed E-state index contributed by atoms with van der Waals surface area (Å²) in [4.78, 5) is 8.48. The van der Waals surface area contributed by atoms with Crippen molar-refractivity contribution >= 4 is 50.5 Å². The number of anilines is 3. The lowest BCUT2D eigenvalue weighted by Gasteiger charge is -2.09. The van der Waals surface area contributed by atoms with Crippen LogP contribution in [0.2, 0.25) is 5.02 Å².